The molecule has 0 aromatic heterocycles. The Bertz CT molecular complexity index is 490. The second-order valence-corrected chi connectivity index (χ2v) is 5.78. The van der Waals surface area contributed by atoms with Crippen molar-refractivity contribution < 1.29 is 19.2 Å². The number of hydrogen-bond donors (Lipinski definition) is 1. The summed E-state index contributed by atoms with van der Waals surface area (Å²) in [6.45, 7) is 3.04. The van der Waals surface area contributed by atoms with Crippen molar-refractivity contribution in [1.29, 1.82) is 0 Å². The normalized spacial score (nSPS) is 11.3. The maximum Gasteiger partial charge on any atom is 0.319 e. The fraction of sp³-hybridized carbons (Fsp3) is 0.364. The highest BCUT2D eigenvalue weighted by atomic mass is 32.2. The molecule has 18 heavy (non-hydrogen) atoms. The van der Waals surface area contributed by atoms with Gasteiger partial charge in [0.15, 0.2) is 0 Å². The van der Waals surface area contributed by atoms with Crippen LogP contribution < -0.4 is 0 Å². The van der Waals surface area contributed by atoms with Crippen LogP contribution in [0, 0.1) is 15.9 Å². The van der Waals surface area contributed by atoms with Crippen LogP contribution in [0.2, 0.25) is 0 Å². The van der Waals surface area contributed by atoms with Gasteiger partial charge in [0.1, 0.15) is 10.6 Å². The van der Waals surface area contributed by atoms with Gasteiger partial charge >= 0.3 is 5.97 Å². The Hall–Kier alpha value is -1.63. The van der Waals surface area contributed by atoms with E-state index in [-0.39, 0.29) is 11.4 Å². The summed E-state index contributed by atoms with van der Waals surface area (Å²) in [5.41, 5.74) is 0.0553. The van der Waals surface area contributed by atoms with E-state index in [4.69, 9.17) is 5.11 Å². The highest BCUT2D eigenvalue weighted by Gasteiger charge is 2.27. The van der Waals surface area contributed by atoms with Crippen molar-refractivity contribution in [2.75, 3.05) is 0 Å². The molecule has 1 aromatic rings. The molecule has 0 spiro atoms. The van der Waals surface area contributed by atoms with Crippen LogP contribution in [0.3, 0.4) is 0 Å². The van der Waals surface area contributed by atoms with E-state index in [1.54, 1.807) is 0 Å². The lowest BCUT2D eigenvalue weighted by molar-refractivity contribution is -0.385. The predicted octanol–water partition coefficient (Wildman–Crippen LogP) is 2.83. The molecule has 0 aliphatic rings. The number of hydrogen-bond acceptors (Lipinski definition) is 4. The van der Waals surface area contributed by atoms with E-state index in [0.29, 0.717) is 5.56 Å². The summed E-state index contributed by atoms with van der Waals surface area (Å²) in [6, 6.07) is 3.24. The number of carbonyl (C=O) groups is 1. The molecule has 0 aliphatic heterocycles. The molecule has 5 nitrogen and oxygen atoms in total. The molecule has 0 unspecified atom stereocenters. The minimum absolute atomic E-state index is 0.192. The molecule has 1 aromatic carbocycles. The Kier molecular flexibility index (Phi) is 4.28. The Labute approximate surface area is 107 Å². The molecule has 0 saturated carbocycles. The Balaban J connectivity index is 2.86. The Morgan fingerprint density at radius 1 is 1.50 bits per heavy atom. The van der Waals surface area contributed by atoms with Gasteiger partial charge in [-0.3, -0.25) is 14.9 Å². The number of nitro groups is 1. The first kappa shape index (κ1) is 14.4. The van der Waals surface area contributed by atoms with Crippen LogP contribution in [-0.4, -0.2) is 20.7 Å². The molecule has 0 saturated heterocycles. The van der Waals surface area contributed by atoms with Gasteiger partial charge in [-0.2, -0.15) is 0 Å². The third-order valence-electron chi connectivity index (χ3n) is 2.27. The number of nitro benzene ring substituents is 1. The smallest absolute Gasteiger partial charge is 0.319 e. The first-order valence-corrected chi connectivity index (χ1v) is 6.02. The van der Waals surface area contributed by atoms with Crippen LogP contribution in [-0.2, 0) is 10.5 Å². The Morgan fingerprint density at radius 3 is 2.61 bits per heavy atom. The van der Waals surface area contributed by atoms with Gasteiger partial charge < -0.3 is 5.11 Å². The average Bonchev–Trinajstić information content (AvgIpc) is 2.25. The van der Waals surface area contributed by atoms with E-state index >= 15 is 0 Å². The molecule has 1 N–H and O–H groups in total. The number of nitrogens with zero attached hydrogens (tertiary/aromatic N) is 1. The topological polar surface area (TPSA) is 80.4 Å². The van der Waals surface area contributed by atoms with Crippen molar-refractivity contribution in [2.24, 2.45) is 0 Å². The van der Waals surface area contributed by atoms with Crippen molar-refractivity contribution in [2.45, 2.75) is 24.3 Å². The molecule has 0 amide bonds. The third-order valence-corrected chi connectivity index (χ3v) is 3.64. The average molecular weight is 273 g/mol. The molecule has 0 radical (unpaired) electrons. The standard InChI is InChI=1S/C11H12FNO4S/c1-11(2,10(14)15)18-6-7-3-8(12)5-9(4-7)13(16)17/h3-5H,6H2,1-2H3,(H,14,15). The van der Waals surface area contributed by atoms with Crippen LogP contribution in [0.4, 0.5) is 10.1 Å². The van der Waals surface area contributed by atoms with E-state index in [0.717, 1.165) is 23.9 Å². The van der Waals surface area contributed by atoms with Gasteiger partial charge in [0, 0.05) is 11.8 Å². The van der Waals surface area contributed by atoms with E-state index in [1.807, 2.05) is 0 Å². The molecule has 98 valence electrons. The number of aliphatic carboxylic acids is 1. The minimum Gasteiger partial charge on any atom is -0.480 e. The summed E-state index contributed by atoms with van der Waals surface area (Å²) < 4.78 is 12.1. The number of halogens is 1. The summed E-state index contributed by atoms with van der Waals surface area (Å²) in [7, 11) is 0. The van der Waals surface area contributed by atoms with Crippen LogP contribution in [0.15, 0.2) is 18.2 Å². The lowest BCUT2D eigenvalue weighted by Crippen LogP contribution is -2.27. The zero-order valence-electron chi connectivity index (χ0n) is 9.84. The Morgan fingerprint density at radius 2 is 2.11 bits per heavy atom. The second kappa shape index (κ2) is 5.34. The fourth-order valence-electron chi connectivity index (χ4n) is 1.15. The first-order chi connectivity index (χ1) is 8.22. The van der Waals surface area contributed by atoms with Crippen LogP contribution in [0.25, 0.3) is 0 Å². The number of benzene rings is 1. The molecule has 0 fully saturated rings. The van der Waals surface area contributed by atoms with Gasteiger partial charge in [-0.1, -0.05) is 0 Å². The van der Waals surface area contributed by atoms with Gasteiger partial charge in [-0.05, 0) is 25.5 Å². The molecule has 0 bridgehead atoms. The quantitative estimate of drug-likeness (QED) is 0.659. The van der Waals surface area contributed by atoms with Crippen molar-refractivity contribution in [3.05, 3.63) is 39.7 Å². The maximum absolute atomic E-state index is 13.1. The summed E-state index contributed by atoms with van der Waals surface area (Å²) in [5.74, 6) is -1.50. The van der Waals surface area contributed by atoms with Gasteiger partial charge in [-0.15, -0.1) is 11.8 Å². The highest BCUT2D eigenvalue weighted by molar-refractivity contribution is 8.00. The molecule has 1 rings (SSSR count). The molecular formula is C11H12FNO4S. The summed E-state index contributed by atoms with van der Waals surface area (Å²) in [4.78, 5) is 20.8. The molecule has 0 heterocycles. The first-order valence-electron chi connectivity index (χ1n) is 5.03. The number of non-ortho nitro benzene ring substituents is 1. The van der Waals surface area contributed by atoms with Crippen molar-refractivity contribution in [3.63, 3.8) is 0 Å². The van der Waals surface area contributed by atoms with Crippen LogP contribution in [0.1, 0.15) is 19.4 Å². The van der Waals surface area contributed by atoms with Gasteiger partial charge in [0.25, 0.3) is 5.69 Å². The van der Waals surface area contributed by atoms with Gasteiger partial charge in [-0.25, -0.2) is 4.39 Å². The number of carboxylic acid groups (broad SMARTS) is 1. The summed E-state index contributed by atoms with van der Waals surface area (Å²) in [5, 5.41) is 19.5. The lowest BCUT2D eigenvalue weighted by atomic mass is 10.2. The van der Waals surface area contributed by atoms with Gasteiger partial charge in [0.2, 0.25) is 0 Å². The highest BCUT2D eigenvalue weighted by Crippen LogP contribution is 2.29. The SMILES string of the molecule is CC(C)(SCc1cc(F)cc([N+](=O)[O-])c1)C(=O)O. The number of carboxylic acids is 1. The molecule has 0 aliphatic carbocycles. The number of thioether (sulfide) groups is 1. The van der Waals surface area contributed by atoms with E-state index < -0.39 is 21.5 Å². The predicted molar refractivity (Wildman–Crippen MR) is 66.1 cm³/mol. The van der Waals surface area contributed by atoms with Crippen molar-refractivity contribution >= 4 is 23.4 Å². The second-order valence-electron chi connectivity index (χ2n) is 4.18. The van der Waals surface area contributed by atoms with Crippen molar-refractivity contribution in [1.82, 2.24) is 0 Å². The fourth-order valence-corrected chi connectivity index (χ4v) is 1.97. The number of rotatable bonds is 5. The van der Waals surface area contributed by atoms with E-state index in [2.05, 4.69) is 0 Å². The molecule has 7 heteroatoms. The summed E-state index contributed by atoms with van der Waals surface area (Å²) >= 11 is 1.08. The largest absolute Gasteiger partial charge is 0.480 e. The van der Waals surface area contributed by atoms with E-state index in [9.17, 15) is 19.3 Å². The third kappa shape index (κ3) is 3.69. The monoisotopic (exact) mass is 273 g/mol. The minimum atomic E-state index is -1.03. The van der Waals surface area contributed by atoms with Crippen LogP contribution >= 0.6 is 11.8 Å². The van der Waals surface area contributed by atoms with Crippen LogP contribution in [0.5, 0.6) is 0 Å². The van der Waals surface area contributed by atoms with Gasteiger partial charge in [0.05, 0.1) is 11.0 Å². The zero-order valence-corrected chi connectivity index (χ0v) is 10.7. The molecule has 0 atom stereocenters. The summed E-state index contributed by atoms with van der Waals surface area (Å²) in [6.07, 6.45) is 0. The zero-order chi connectivity index (χ0) is 13.9. The maximum atomic E-state index is 13.1. The van der Waals surface area contributed by atoms with E-state index in [1.165, 1.54) is 19.9 Å². The molecular weight excluding hydrogens is 261 g/mol. The van der Waals surface area contributed by atoms with Crippen molar-refractivity contribution in [3.8, 4) is 0 Å². The lowest BCUT2D eigenvalue weighted by Gasteiger charge is -2.18.